The van der Waals surface area contributed by atoms with E-state index in [1.54, 1.807) is 32.4 Å². The van der Waals surface area contributed by atoms with Crippen molar-refractivity contribution in [2.45, 2.75) is 6.54 Å². The lowest BCUT2D eigenvalue weighted by Crippen LogP contribution is -2.39. The van der Waals surface area contributed by atoms with E-state index in [1.165, 1.54) is 5.56 Å². The molecule has 0 aliphatic heterocycles. The van der Waals surface area contributed by atoms with Crippen molar-refractivity contribution in [2.75, 3.05) is 34.9 Å². The van der Waals surface area contributed by atoms with Crippen LogP contribution in [0.2, 0.25) is 0 Å². The van der Waals surface area contributed by atoms with Gasteiger partial charge in [0.05, 0.1) is 28.3 Å². The van der Waals surface area contributed by atoms with Crippen LogP contribution in [0.3, 0.4) is 0 Å². The molecule has 0 bridgehead atoms. The van der Waals surface area contributed by atoms with Crippen LogP contribution in [0.4, 0.5) is 5.69 Å². The second-order valence-corrected chi connectivity index (χ2v) is 7.60. The number of ether oxygens (including phenoxy) is 3. The van der Waals surface area contributed by atoms with E-state index >= 15 is 0 Å². The lowest BCUT2D eigenvalue weighted by molar-refractivity contribution is 0.0921. The Balaban J connectivity index is 1.62. The van der Waals surface area contributed by atoms with Crippen LogP contribution in [0.5, 0.6) is 17.2 Å². The number of ketones is 1. The Hall–Kier alpha value is -3.31. The largest absolute Gasteiger partial charge is 0.493 e. The van der Waals surface area contributed by atoms with Gasteiger partial charge in [-0.1, -0.05) is 30.3 Å². The Morgan fingerprint density at radius 2 is 1.50 bits per heavy atom. The zero-order chi connectivity index (χ0) is 21.6. The quantitative estimate of drug-likeness (QED) is 0.381. The summed E-state index contributed by atoms with van der Waals surface area (Å²) in [6.07, 6.45) is 0. The van der Waals surface area contributed by atoms with Gasteiger partial charge in [0.1, 0.15) is 18.0 Å². The molecule has 0 N–H and O–H groups in total. The van der Waals surface area contributed by atoms with Crippen molar-refractivity contribution in [3.8, 4) is 17.2 Å². The highest BCUT2D eigenvalue weighted by Gasteiger charge is 2.19. The van der Waals surface area contributed by atoms with Crippen LogP contribution in [0.1, 0.15) is 15.9 Å². The molecule has 3 rings (SSSR count). The number of methoxy groups -OCH3 is 2. The number of quaternary nitrogens is 1. The van der Waals surface area contributed by atoms with E-state index in [0.29, 0.717) is 22.8 Å². The van der Waals surface area contributed by atoms with E-state index in [4.69, 9.17) is 14.2 Å². The van der Waals surface area contributed by atoms with E-state index < -0.39 is 0 Å². The summed E-state index contributed by atoms with van der Waals surface area (Å²) in [6.45, 7) is 0.843. The highest BCUT2D eigenvalue weighted by atomic mass is 16.5. The zero-order valence-corrected chi connectivity index (χ0v) is 17.9. The molecule has 0 saturated carbocycles. The van der Waals surface area contributed by atoms with Gasteiger partial charge in [0, 0.05) is 23.3 Å². The fraction of sp³-hybridized carbons (Fsp3) is 0.240. The average molecular weight is 407 g/mol. The Kier molecular flexibility index (Phi) is 6.75. The third-order valence-electron chi connectivity index (χ3n) is 5.03. The molecule has 156 valence electrons. The van der Waals surface area contributed by atoms with Gasteiger partial charge in [0.2, 0.25) is 0 Å². The van der Waals surface area contributed by atoms with Gasteiger partial charge in [0.15, 0.2) is 23.9 Å². The minimum absolute atomic E-state index is 0.0445. The molecule has 0 amide bonds. The molecule has 0 aromatic heterocycles. The van der Waals surface area contributed by atoms with Gasteiger partial charge in [-0.05, 0) is 30.3 Å². The van der Waals surface area contributed by atoms with Crippen LogP contribution in [0.15, 0.2) is 72.8 Å². The lowest BCUT2D eigenvalue weighted by Gasteiger charge is -2.29. The monoisotopic (exact) mass is 406 g/mol. The minimum Gasteiger partial charge on any atom is -0.493 e. The molecular formula is C25H28NO4+. The summed E-state index contributed by atoms with van der Waals surface area (Å²) < 4.78 is 16.9. The van der Waals surface area contributed by atoms with E-state index in [-0.39, 0.29) is 12.4 Å². The number of nitrogens with zero attached hydrogens (tertiary/aromatic N) is 1. The first-order valence-corrected chi connectivity index (χ1v) is 9.78. The van der Waals surface area contributed by atoms with Crippen molar-refractivity contribution in [1.82, 2.24) is 4.48 Å². The summed E-state index contributed by atoms with van der Waals surface area (Å²) in [5.74, 6) is 1.64. The van der Waals surface area contributed by atoms with Crippen molar-refractivity contribution < 1.29 is 19.0 Å². The molecule has 0 aliphatic rings. The molecule has 3 aromatic rings. The van der Waals surface area contributed by atoms with Crippen LogP contribution in [-0.4, -0.2) is 40.7 Å². The first kappa shape index (κ1) is 21.4. The number of hydrogen-bond donors (Lipinski definition) is 0. The minimum atomic E-state index is -0.125. The van der Waals surface area contributed by atoms with Crippen LogP contribution in [-0.2, 0) is 6.54 Å². The number of Topliss-reactive ketones (excluding diaryl/α,β-unsaturated/α-hetero) is 1. The molecular weight excluding hydrogens is 378 g/mol. The molecule has 5 heteroatoms. The molecule has 30 heavy (non-hydrogen) atoms. The predicted molar refractivity (Wildman–Crippen MR) is 120 cm³/mol. The maximum absolute atomic E-state index is 12.5. The van der Waals surface area contributed by atoms with Crippen LogP contribution < -0.4 is 18.7 Å². The maximum Gasteiger partial charge on any atom is 0.200 e. The number of benzene rings is 3. The molecule has 0 saturated heterocycles. The normalized spacial score (nSPS) is 11.1. The van der Waals surface area contributed by atoms with Gasteiger partial charge < -0.3 is 14.2 Å². The van der Waals surface area contributed by atoms with Crippen molar-refractivity contribution in [3.63, 3.8) is 0 Å². The molecule has 0 heterocycles. The second-order valence-electron chi connectivity index (χ2n) is 7.60. The highest BCUT2D eigenvalue weighted by molar-refractivity contribution is 5.97. The Bertz CT molecular complexity index is 982. The molecule has 0 aliphatic carbocycles. The van der Waals surface area contributed by atoms with Gasteiger partial charge >= 0.3 is 0 Å². The average Bonchev–Trinajstić information content (AvgIpc) is 2.77. The molecule has 3 aromatic carbocycles. The standard InChI is InChI=1S/C25H28NO4/c1-26(2,17-19-8-6-5-7-9-19)21-11-13-22(14-12-21)30-18-23(27)20-10-15-24(28-3)25(16-20)29-4/h5-16H,17-18H2,1-4H3/q+1. The van der Waals surface area contributed by atoms with Gasteiger partial charge in [0.25, 0.3) is 0 Å². The zero-order valence-electron chi connectivity index (χ0n) is 17.9. The van der Waals surface area contributed by atoms with Crippen molar-refractivity contribution >= 4 is 11.5 Å². The van der Waals surface area contributed by atoms with E-state index in [2.05, 4.69) is 38.4 Å². The van der Waals surface area contributed by atoms with Crippen LogP contribution >= 0.6 is 0 Å². The Labute approximate surface area is 178 Å². The molecule has 0 radical (unpaired) electrons. The van der Waals surface area contributed by atoms with Crippen LogP contribution in [0, 0.1) is 0 Å². The molecule has 5 nitrogen and oxygen atoms in total. The predicted octanol–water partition coefficient (Wildman–Crippen LogP) is 4.73. The first-order chi connectivity index (χ1) is 14.4. The molecule has 0 unspecified atom stereocenters. The first-order valence-electron chi connectivity index (χ1n) is 9.78. The summed E-state index contributed by atoms with van der Waals surface area (Å²) in [4.78, 5) is 12.5. The maximum atomic E-state index is 12.5. The van der Waals surface area contributed by atoms with E-state index in [0.717, 1.165) is 16.7 Å². The topological polar surface area (TPSA) is 44.8 Å². The molecule has 0 spiro atoms. The van der Waals surface area contributed by atoms with Gasteiger partial charge in [-0.25, -0.2) is 0 Å². The van der Waals surface area contributed by atoms with Crippen LogP contribution in [0.25, 0.3) is 0 Å². The molecule has 0 fully saturated rings. The number of carbonyl (C=O) groups excluding carboxylic acids is 1. The Morgan fingerprint density at radius 1 is 0.833 bits per heavy atom. The Morgan fingerprint density at radius 3 is 2.13 bits per heavy atom. The van der Waals surface area contributed by atoms with Gasteiger partial charge in [-0.2, -0.15) is 0 Å². The van der Waals surface area contributed by atoms with Crippen molar-refractivity contribution in [1.29, 1.82) is 0 Å². The third-order valence-corrected chi connectivity index (χ3v) is 5.03. The summed E-state index contributed by atoms with van der Waals surface area (Å²) in [6, 6.07) is 23.4. The van der Waals surface area contributed by atoms with Gasteiger partial charge in [-0.3, -0.25) is 9.28 Å². The SMILES string of the molecule is COc1ccc(C(=O)COc2ccc([N+](C)(C)Cc3ccccc3)cc2)cc1OC. The smallest absolute Gasteiger partial charge is 0.200 e. The van der Waals surface area contributed by atoms with E-state index in [1.807, 2.05) is 30.3 Å². The summed E-state index contributed by atoms with van der Waals surface area (Å²) in [7, 11) is 7.45. The van der Waals surface area contributed by atoms with Crippen molar-refractivity contribution in [2.24, 2.45) is 0 Å². The lowest BCUT2D eigenvalue weighted by atomic mass is 10.1. The summed E-state index contributed by atoms with van der Waals surface area (Å²) in [5.41, 5.74) is 2.96. The van der Waals surface area contributed by atoms with Gasteiger partial charge in [-0.15, -0.1) is 0 Å². The number of rotatable bonds is 9. The fourth-order valence-corrected chi connectivity index (χ4v) is 3.32. The summed E-state index contributed by atoms with van der Waals surface area (Å²) >= 11 is 0. The fourth-order valence-electron chi connectivity index (χ4n) is 3.32. The number of carbonyl (C=O) groups is 1. The van der Waals surface area contributed by atoms with E-state index in [9.17, 15) is 4.79 Å². The van der Waals surface area contributed by atoms with Crippen molar-refractivity contribution in [3.05, 3.63) is 83.9 Å². The third kappa shape index (κ3) is 5.19. The summed E-state index contributed by atoms with van der Waals surface area (Å²) in [5, 5.41) is 0. The second kappa shape index (κ2) is 9.46. The highest BCUT2D eigenvalue weighted by Crippen LogP contribution is 2.28. The number of hydrogen-bond acceptors (Lipinski definition) is 4. The molecule has 0 atom stereocenters.